The number of hydrogen-bond acceptors (Lipinski definition) is 2. The first-order chi connectivity index (χ1) is 10.2. The van der Waals surface area contributed by atoms with Crippen molar-refractivity contribution < 1.29 is 0 Å². The van der Waals surface area contributed by atoms with Gasteiger partial charge in [-0.25, -0.2) is 4.98 Å². The van der Waals surface area contributed by atoms with Gasteiger partial charge in [-0.2, -0.15) is 0 Å². The third-order valence-electron chi connectivity index (χ3n) is 3.40. The molecular formula is C17H16BrN3. The number of rotatable bonds is 4. The highest BCUT2D eigenvalue weighted by molar-refractivity contribution is 9.10. The van der Waals surface area contributed by atoms with Crippen molar-refractivity contribution >= 4 is 21.6 Å². The molecule has 0 bridgehead atoms. The van der Waals surface area contributed by atoms with E-state index in [2.05, 4.69) is 69.6 Å². The molecule has 3 nitrogen and oxygen atoms in total. The molecule has 1 aromatic heterocycles. The topological polar surface area (TPSA) is 29.9 Å². The van der Waals surface area contributed by atoms with Crippen molar-refractivity contribution in [3.05, 3.63) is 77.3 Å². The van der Waals surface area contributed by atoms with Crippen LogP contribution in [0.5, 0.6) is 0 Å². The SMILES string of the molecule is CC(Nc1cccc(Br)c1)c1ccc(-n2ccnc2)cc1. The van der Waals surface area contributed by atoms with Gasteiger partial charge in [-0.3, -0.25) is 0 Å². The van der Waals surface area contributed by atoms with Crippen LogP contribution in [0.2, 0.25) is 0 Å². The smallest absolute Gasteiger partial charge is 0.0991 e. The molecule has 3 rings (SSSR count). The molecule has 0 amide bonds. The van der Waals surface area contributed by atoms with Crippen molar-refractivity contribution in [3.8, 4) is 5.69 Å². The first-order valence-corrected chi connectivity index (χ1v) is 7.62. The van der Waals surface area contributed by atoms with Gasteiger partial charge in [-0.15, -0.1) is 0 Å². The fraction of sp³-hybridized carbons (Fsp3) is 0.118. The van der Waals surface area contributed by atoms with Crippen LogP contribution in [0, 0.1) is 0 Å². The van der Waals surface area contributed by atoms with E-state index in [0.29, 0.717) is 0 Å². The number of anilines is 1. The summed E-state index contributed by atoms with van der Waals surface area (Å²) in [5.41, 5.74) is 3.47. The summed E-state index contributed by atoms with van der Waals surface area (Å²) < 4.78 is 3.08. The Morgan fingerprint density at radius 3 is 2.62 bits per heavy atom. The second kappa shape index (κ2) is 6.14. The molecule has 1 N–H and O–H groups in total. The predicted octanol–water partition coefficient (Wildman–Crippen LogP) is 4.81. The highest BCUT2D eigenvalue weighted by Crippen LogP contribution is 2.22. The molecular weight excluding hydrogens is 326 g/mol. The molecule has 0 aliphatic heterocycles. The zero-order valence-electron chi connectivity index (χ0n) is 11.7. The minimum absolute atomic E-state index is 0.246. The van der Waals surface area contributed by atoms with Crippen LogP contribution in [0.4, 0.5) is 5.69 Å². The first kappa shape index (κ1) is 13.9. The Bertz CT molecular complexity index is 705. The fourth-order valence-corrected chi connectivity index (χ4v) is 2.66. The van der Waals surface area contributed by atoms with Crippen molar-refractivity contribution in [1.82, 2.24) is 9.55 Å². The van der Waals surface area contributed by atoms with Crippen LogP contribution in [-0.2, 0) is 0 Å². The number of halogens is 1. The number of aromatic nitrogens is 2. The van der Waals surface area contributed by atoms with Gasteiger partial charge >= 0.3 is 0 Å². The Morgan fingerprint density at radius 2 is 1.95 bits per heavy atom. The summed E-state index contributed by atoms with van der Waals surface area (Å²) in [7, 11) is 0. The minimum atomic E-state index is 0.246. The summed E-state index contributed by atoms with van der Waals surface area (Å²) in [6.07, 6.45) is 5.53. The van der Waals surface area contributed by atoms with Crippen molar-refractivity contribution in [2.45, 2.75) is 13.0 Å². The van der Waals surface area contributed by atoms with Crippen LogP contribution in [-0.4, -0.2) is 9.55 Å². The maximum absolute atomic E-state index is 4.07. The van der Waals surface area contributed by atoms with Gasteiger partial charge in [-0.05, 0) is 42.8 Å². The summed E-state index contributed by atoms with van der Waals surface area (Å²) in [4.78, 5) is 4.07. The number of benzene rings is 2. The van der Waals surface area contributed by atoms with Gasteiger partial charge < -0.3 is 9.88 Å². The van der Waals surface area contributed by atoms with E-state index in [1.807, 2.05) is 22.9 Å². The summed E-state index contributed by atoms with van der Waals surface area (Å²) in [6, 6.07) is 17.0. The van der Waals surface area contributed by atoms with E-state index in [9.17, 15) is 0 Å². The van der Waals surface area contributed by atoms with Gasteiger partial charge in [0, 0.05) is 34.3 Å². The Labute approximate surface area is 132 Å². The van der Waals surface area contributed by atoms with Crippen LogP contribution in [0.25, 0.3) is 5.69 Å². The molecule has 4 heteroatoms. The lowest BCUT2D eigenvalue weighted by Gasteiger charge is -2.16. The Hall–Kier alpha value is -2.07. The average molecular weight is 342 g/mol. The zero-order chi connectivity index (χ0) is 14.7. The Kier molecular flexibility index (Phi) is 4.06. The summed E-state index contributed by atoms with van der Waals surface area (Å²) in [5, 5.41) is 3.50. The van der Waals surface area contributed by atoms with Crippen molar-refractivity contribution in [1.29, 1.82) is 0 Å². The number of hydrogen-bond donors (Lipinski definition) is 1. The molecule has 0 aliphatic carbocycles. The lowest BCUT2D eigenvalue weighted by atomic mass is 10.1. The first-order valence-electron chi connectivity index (χ1n) is 6.83. The van der Waals surface area contributed by atoms with E-state index in [1.165, 1.54) is 5.56 Å². The predicted molar refractivity (Wildman–Crippen MR) is 89.7 cm³/mol. The number of imidazole rings is 1. The van der Waals surface area contributed by atoms with Crippen LogP contribution >= 0.6 is 15.9 Å². The Morgan fingerprint density at radius 1 is 1.14 bits per heavy atom. The minimum Gasteiger partial charge on any atom is -0.378 e. The number of nitrogens with one attached hydrogen (secondary N) is 1. The molecule has 0 fully saturated rings. The van der Waals surface area contributed by atoms with Gasteiger partial charge in [0.2, 0.25) is 0 Å². The van der Waals surface area contributed by atoms with Gasteiger partial charge in [0.05, 0.1) is 6.33 Å². The quantitative estimate of drug-likeness (QED) is 0.738. The van der Waals surface area contributed by atoms with Crippen LogP contribution in [0.3, 0.4) is 0 Å². The van der Waals surface area contributed by atoms with E-state index in [-0.39, 0.29) is 6.04 Å². The van der Waals surface area contributed by atoms with Crippen molar-refractivity contribution in [2.75, 3.05) is 5.32 Å². The largest absolute Gasteiger partial charge is 0.378 e. The second-order valence-electron chi connectivity index (χ2n) is 4.94. The summed E-state index contributed by atoms with van der Waals surface area (Å²) in [6.45, 7) is 2.16. The highest BCUT2D eigenvalue weighted by Gasteiger charge is 2.06. The normalized spacial score (nSPS) is 12.1. The average Bonchev–Trinajstić information content (AvgIpc) is 3.01. The molecule has 0 radical (unpaired) electrons. The van der Waals surface area contributed by atoms with Crippen LogP contribution < -0.4 is 5.32 Å². The lowest BCUT2D eigenvalue weighted by molar-refractivity contribution is 0.882. The van der Waals surface area contributed by atoms with E-state index >= 15 is 0 Å². The van der Waals surface area contributed by atoms with E-state index in [4.69, 9.17) is 0 Å². The third-order valence-corrected chi connectivity index (χ3v) is 3.90. The highest BCUT2D eigenvalue weighted by atomic mass is 79.9. The molecule has 106 valence electrons. The molecule has 1 heterocycles. The van der Waals surface area contributed by atoms with Gasteiger partial charge in [-0.1, -0.05) is 34.1 Å². The standard InChI is InChI=1S/C17H16BrN3/c1-13(20-16-4-2-3-15(18)11-16)14-5-7-17(8-6-14)21-10-9-19-12-21/h2-13,20H,1H3. The molecule has 3 aromatic rings. The summed E-state index contributed by atoms with van der Waals surface area (Å²) >= 11 is 3.49. The third kappa shape index (κ3) is 3.34. The van der Waals surface area contributed by atoms with E-state index in [1.54, 1.807) is 12.5 Å². The fourth-order valence-electron chi connectivity index (χ4n) is 2.26. The van der Waals surface area contributed by atoms with Crippen LogP contribution in [0.15, 0.2) is 71.7 Å². The van der Waals surface area contributed by atoms with E-state index < -0.39 is 0 Å². The lowest BCUT2D eigenvalue weighted by Crippen LogP contribution is -2.06. The monoisotopic (exact) mass is 341 g/mol. The molecule has 21 heavy (non-hydrogen) atoms. The molecule has 0 spiro atoms. The maximum Gasteiger partial charge on any atom is 0.0991 e. The van der Waals surface area contributed by atoms with Crippen LogP contribution in [0.1, 0.15) is 18.5 Å². The summed E-state index contributed by atoms with van der Waals surface area (Å²) in [5.74, 6) is 0. The molecule has 0 saturated heterocycles. The molecule has 1 unspecified atom stereocenters. The molecule has 2 aromatic carbocycles. The number of nitrogens with zero attached hydrogens (tertiary/aromatic N) is 2. The van der Waals surface area contributed by atoms with Crippen molar-refractivity contribution in [2.24, 2.45) is 0 Å². The van der Waals surface area contributed by atoms with Crippen molar-refractivity contribution in [3.63, 3.8) is 0 Å². The van der Waals surface area contributed by atoms with E-state index in [0.717, 1.165) is 15.8 Å². The van der Waals surface area contributed by atoms with Gasteiger partial charge in [0.25, 0.3) is 0 Å². The molecule has 0 saturated carbocycles. The molecule has 1 atom stereocenters. The van der Waals surface area contributed by atoms with Gasteiger partial charge in [0.15, 0.2) is 0 Å². The molecule has 0 aliphatic rings. The van der Waals surface area contributed by atoms with Gasteiger partial charge in [0.1, 0.15) is 0 Å². The zero-order valence-corrected chi connectivity index (χ0v) is 13.3. The second-order valence-corrected chi connectivity index (χ2v) is 5.85. The maximum atomic E-state index is 4.07. The Balaban J connectivity index is 1.74.